The average molecular weight is 292 g/mol. The molecule has 0 fully saturated rings. The SMILES string of the molecule is O=C(N[C@H](CO)c1ccccc1)c1ccc(Cl)cc1O. The molecule has 2 aromatic carbocycles. The topological polar surface area (TPSA) is 69.6 Å². The number of aliphatic hydroxyl groups excluding tert-OH is 1. The Bertz CT molecular complexity index is 601. The van der Waals surface area contributed by atoms with Crippen LogP contribution in [0.15, 0.2) is 48.5 Å². The maximum atomic E-state index is 12.1. The second-order valence-electron chi connectivity index (χ2n) is 4.28. The van der Waals surface area contributed by atoms with Crippen molar-refractivity contribution < 1.29 is 15.0 Å². The summed E-state index contributed by atoms with van der Waals surface area (Å²) in [5, 5.41) is 22.1. The summed E-state index contributed by atoms with van der Waals surface area (Å²) in [4.78, 5) is 12.1. The first-order valence-electron chi connectivity index (χ1n) is 6.07. The predicted molar refractivity (Wildman–Crippen MR) is 76.9 cm³/mol. The van der Waals surface area contributed by atoms with Gasteiger partial charge in [0.05, 0.1) is 18.2 Å². The molecule has 2 rings (SSSR count). The molecule has 1 amide bonds. The normalized spacial score (nSPS) is 11.9. The van der Waals surface area contributed by atoms with Crippen LogP contribution in [0.3, 0.4) is 0 Å². The van der Waals surface area contributed by atoms with Gasteiger partial charge in [-0.3, -0.25) is 4.79 Å². The van der Waals surface area contributed by atoms with E-state index in [9.17, 15) is 15.0 Å². The summed E-state index contributed by atoms with van der Waals surface area (Å²) in [5.41, 5.74) is 0.903. The second-order valence-corrected chi connectivity index (χ2v) is 4.72. The monoisotopic (exact) mass is 291 g/mol. The Morgan fingerprint density at radius 2 is 1.90 bits per heavy atom. The van der Waals surface area contributed by atoms with Crippen LogP contribution in [0.25, 0.3) is 0 Å². The van der Waals surface area contributed by atoms with Crippen molar-refractivity contribution in [3.8, 4) is 5.75 Å². The van der Waals surface area contributed by atoms with Gasteiger partial charge in [0.1, 0.15) is 5.75 Å². The third-order valence-electron chi connectivity index (χ3n) is 2.89. The van der Waals surface area contributed by atoms with E-state index >= 15 is 0 Å². The lowest BCUT2D eigenvalue weighted by atomic mass is 10.1. The van der Waals surface area contributed by atoms with Crippen LogP contribution < -0.4 is 5.32 Å². The first kappa shape index (κ1) is 14.4. The smallest absolute Gasteiger partial charge is 0.255 e. The van der Waals surface area contributed by atoms with E-state index in [0.717, 1.165) is 5.56 Å². The number of phenols is 1. The first-order valence-corrected chi connectivity index (χ1v) is 6.45. The molecule has 104 valence electrons. The van der Waals surface area contributed by atoms with Crippen LogP contribution in [0.4, 0.5) is 0 Å². The highest BCUT2D eigenvalue weighted by Crippen LogP contribution is 2.22. The largest absolute Gasteiger partial charge is 0.507 e. The minimum atomic E-state index is -0.529. The van der Waals surface area contributed by atoms with Gasteiger partial charge < -0.3 is 15.5 Å². The van der Waals surface area contributed by atoms with Crippen molar-refractivity contribution in [2.24, 2.45) is 0 Å². The molecule has 5 heteroatoms. The number of carbonyl (C=O) groups is 1. The number of carbonyl (C=O) groups excluding carboxylic acids is 1. The highest BCUT2D eigenvalue weighted by atomic mass is 35.5. The standard InChI is InChI=1S/C15H14ClNO3/c16-11-6-7-12(14(19)8-11)15(20)17-13(9-18)10-4-2-1-3-5-10/h1-8,13,18-19H,9H2,(H,17,20)/t13-/m1/s1. The van der Waals surface area contributed by atoms with E-state index in [1.54, 1.807) is 0 Å². The van der Waals surface area contributed by atoms with Crippen LogP contribution in [-0.2, 0) is 0 Å². The molecule has 20 heavy (non-hydrogen) atoms. The molecule has 0 saturated carbocycles. The van der Waals surface area contributed by atoms with Gasteiger partial charge in [-0.05, 0) is 23.8 Å². The minimum absolute atomic E-state index is 0.115. The summed E-state index contributed by atoms with van der Waals surface area (Å²) in [7, 11) is 0. The Balaban J connectivity index is 2.17. The summed E-state index contributed by atoms with van der Waals surface area (Å²) >= 11 is 5.72. The molecule has 4 nitrogen and oxygen atoms in total. The van der Waals surface area contributed by atoms with Crippen LogP contribution in [0.1, 0.15) is 22.0 Å². The summed E-state index contributed by atoms with van der Waals surface area (Å²) in [6.45, 7) is -0.232. The molecule has 0 spiro atoms. The number of amides is 1. The van der Waals surface area contributed by atoms with Gasteiger partial charge >= 0.3 is 0 Å². The Kier molecular flexibility index (Phi) is 4.61. The van der Waals surface area contributed by atoms with Gasteiger partial charge in [-0.1, -0.05) is 41.9 Å². The van der Waals surface area contributed by atoms with E-state index < -0.39 is 11.9 Å². The molecule has 0 bridgehead atoms. The Labute approximate surface area is 121 Å². The van der Waals surface area contributed by atoms with Crippen LogP contribution in [-0.4, -0.2) is 22.7 Å². The highest BCUT2D eigenvalue weighted by Gasteiger charge is 2.17. The van der Waals surface area contributed by atoms with E-state index in [4.69, 9.17) is 11.6 Å². The lowest BCUT2D eigenvalue weighted by Gasteiger charge is -2.17. The van der Waals surface area contributed by atoms with Gasteiger partial charge in [0.15, 0.2) is 0 Å². The molecule has 0 aliphatic heterocycles. The third kappa shape index (κ3) is 3.29. The van der Waals surface area contributed by atoms with Crippen molar-refractivity contribution in [1.82, 2.24) is 5.32 Å². The molecule has 0 unspecified atom stereocenters. The molecule has 3 N–H and O–H groups in total. The number of nitrogens with one attached hydrogen (secondary N) is 1. The Morgan fingerprint density at radius 1 is 1.20 bits per heavy atom. The van der Waals surface area contributed by atoms with Gasteiger partial charge in [-0.25, -0.2) is 0 Å². The van der Waals surface area contributed by atoms with Gasteiger partial charge in [-0.2, -0.15) is 0 Å². The molecule has 0 heterocycles. The zero-order valence-corrected chi connectivity index (χ0v) is 11.3. The van der Waals surface area contributed by atoms with Crippen molar-refractivity contribution in [1.29, 1.82) is 0 Å². The maximum absolute atomic E-state index is 12.1. The molecule has 1 atom stereocenters. The van der Waals surface area contributed by atoms with Gasteiger partial charge in [-0.15, -0.1) is 0 Å². The molecular formula is C15H14ClNO3. The zero-order chi connectivity index (χ0) is 14.5. The van der Waals surface area contributed by atoms with Crippen LogP contribution >= 0.6 is 11.6 Å². The lowest BCUT2D eigenvalue weighted by Crippen LogP contribution is -2.30. The quantitative estimate of drug-likeness (QED) is 0.811. The van der Waals surface area contributed by atoms with Crippen molar-refractivity contribution in [3.63, 3.8) is 0 Å². The zero-order valence-electron chi connectivity index (χ0n) is 10.6. The molecule has 0 aromatic heterocycles. The number of aliphatic hydroxyl groups is 1. The summed E-state index contributed by atoms with van der Waals surface area (Å²) in [6, 6.07) is 12.8. The van der Waals surface area contributed by atoms with E-state index in [2.05, 4.69) is 5.32 Å². The lowest BCUT2D eigenvalue weighted by molar-refractivity contribution is 0.0913. The molecule has 0 radical (unpaired) electrons. The van der Waals surface area contributed by atoms with E-state index in [0.29, 0.717) is 5.02 Å². The molecule has 0 saturated heterocycles. The average Bonchev–Trinajstić information content (AvgIpc) is 2.45. The van der Waals surface area contributed by atoms with E-state index in [-0.39, 0.29) is 17.9 Å². The van der Waals surface area contributed by atoms with Crippen molar-refractivity contribution in [2.75, 3.05) is 6.61 Å². The van der Waals surface area contributed by atoms with Crippen LogP contribution in [0.2, 0.25) is 5.02 Å². The van der Waals surface area contributed by atoms with Gasteiger partial charge in [0.25, 0.3) is 5.91 Å². The maximum Gasteiger partial charge on any atom is 0.255 e. The Hall–Kier alpha value is -2.04. The van der Waals surface area contributed by atoms with Gasteiger partial charge in [0.2, 0.25) is 0 Å². The number of hydrogen-bond acceptors (Lipinski definition) is 3. The number of rotatable bonds is 4. The number of aromatic hydroxyl groups is 1. The molecular weight excluding hydrogens is 278 g/mol. The summed E-state index contributed by atoms with van der Waals surface area (Å²) in [5.74, 6) is -0.665. The van der Waals surface area contributed by atoms with Crippen molar-refractivity contribution in [2.45, 2.75) is 6.04 Å². The van der Waals surface area contributed by atoms with Crippen LogP contribution in [0.5, 0.6) is 5.75 Å². The number of phenolic OH excluding ortho intramolecular Hbond substituents is 1. The fourth-order valence-corrected chi connectivity index (χ4v) is 2.02. The number of hydrogen-bond donors (Lipinski definition) is 3. The summed E-state index contributed by atoms with van der Waals surface area (Å²) < 4.78 is 0. The van der Waals surface area contributed by atoms with Crippen molar-refractivity contribution in [3.05, 3.63) is 64.7 Å². The number of benzene rings is 2. The van der Waals surface area contributed by atoms with E-state index in [1.165, 1.54) is 18.2 Å². The van der Waals surface area contributed by atoms with E-state index in [1.807, 2.05) is 30.3 Å². The second kappa shape index (κ2) is 6.41. The third-order valence-corrected chi connectivity index (χ3v) is 3.13. The fraction of sp³-hybridized carbons (Fsp3) is 0.133. The van der Waals surface area contributed by atoms with Crippen molar-refractivity contribution >= 4 is 17.5 Å². The molecule has 0 aliphatic rings. The predicted octanol–water partition coefficient (Wildman–Crippen LogP) is 2.51. The van der Waals surface area contributed by atoms with Gasteiger partial charge in [0, 0.05) is 5.02 Å². The minimum Gasteiger partial charge on any atom is -0.507 e. The fourth-order valence-electron chi connectivity index (χ4n) is 1.85. The first-order chi connectivity index (χ1) is 9.61. The summed E-state index contributed by atoms with van der Waals surface area (Å²) in [6.07, 6.45) is 0. The highest BCUT2D eigenvalue weighted by molar-refractivity contribution is 6.30. The number of halogens is 1. The Morgan fingerprint density at radius 3 is 2.50 bits per heavy atom. The molecule has 0 aliphatic carbocycles. The van der Waals surface area contributed by atoms with Crippen LogP contribution in [0, 0.1) is 0 Å². The molecule has 2 aromatic rings.